The summed E-state index contributed by atoms with van der Waals surface area (Å²) in [6.07, 6.45) is 0. The van der Waals surface area contributed by atoms with Crippen molar-refractivity contribution in [3.63, 3.8) is 0 Å². The van der Waals surface area contributed by atoms with Gasteiger partial charge in [0.05, 0.1) is 5.39 Å². The van der Waals surface area contributed by atoms with Gasteiger partial charge in [0.25, 0.3) is 0 Å². The summed E-state index contributed by atoms with van der Waals surface area (Å²) in [6.45, 7) is 0. The van der Waals surface area contributed by atoms with E-state index in [1.807, 2.05) is 23.5 Å². The molecule has 0 spiro atoms. The molecule has 53 heavy (non-hydrogen) atoms. The van der Waals surface area contributed by atoms with Gasteiger partial charge in [0.2, 0.25) is 0 Å². The van der Waals surface area contributed by atoms with E-state index < -0.39 is 0 Å². The van der Waals surface area contributed by atoms with Crippen LogP contribution >= 0.6 is 11.3 Å². The van der Waals surface area contributed by atoms with E-state index >= 15 is 0 Å². The van der Waals surface area contributed by atoms with Crippen molar-refractivity contribution in [2.24, 2.45) is 0 Å². The minimum absolute atomic E-state index is 0.849. The fourth-order valence-electron chi connectivity index (χ4n) is 8.69. The summed E-state index contributed by atoms with van der Waals surface area (Å²) in [5.74, 6) is 0. The molecule has 0 bridgehead atoms. The van der Waals surface area contributed by atoms with Crippen molar-refractivity contribution in [1.29, 1.82) is 0 Å². The minimum Gasteiger partial charge on any atom is -0.456 e. The maximum Gasteiger partial charge on any atom is 0.147 e. The number of fused-ring (bicyclic) bond motifs is 12. The highest BCUT2D eigenvalue weighted by atomic mass is 32.1. The highest BCUT2D eigenvalue weighted by Crippen LogP contribution is 2.46. The molecule has 0 saturated carbocycles. The van der Waals surface area contributed by atoms with E-state index in [1.54, 1.807) is 0 Å². The molecule has 246 valence electrons. The Morgan fingerprint density at radius 1 is 0.302 bits per heavy atom. The highest BCUT2D eigenvalue weighted by molar-refractivity contribution is 7.25. The third-order valence-corrected chi connectivity index (χ3v) is 12.2. The largest absolute Gasteiger partial charge is 0.456 e. The second kappa shape index (κ2) is 10.9. The molecule has 3 heterocycles. The molecule has 9 aromatic carbocycles. The Labute approximate surface area is 307 Å². The average molecular weight is 693 g/mol. The van der Waals surface area contributed by atoms with Crippen LogP contribution in [0.4, 0.5) is 0 Å². The van der Waals surface area contributed by atoms with Gasteiger partial charge in [-0.3, -0.25) is 0 Å². The zero-order valence-electron chi connectivity index (χ0n) is 28.4. The quantitative estimate of drug-likeness (QED) is 0.172. The van der Waals surface area contributed by atoms with E-state index in [0.29, 0.717) is 0 Å². The molecular weight excluding hydrogens is 665 g/mol. The molecule has 12 aromatic rings. The summed E-state index contributed by atoms with van der Waals surface area (Å²) in [4.78, 5) is 0. The van der Waals surface area contributed by atoms with Crippen LogP contribution < -0.4 is 0 Å². The Morgan fingerprint density at radius 2 is 0.906 bits per heavy atom. The van der Waals surface area contributed by atoms with Crippen molar-refractivity contribution in [1.82, 2.24) is 0 Å². The third-order valence-electron chi connectivity index (χ3n) is 11.1. The van der Waals surface area contributed by atoms with E-state index in [9.17, 15) is 0 Å². The summed E-state index contributed by atoms with van der Waals surface area (Å²) in [7, 11) is 0. The van der Waals surface area contributed by atoms with Gasteiger partial charge in [-0.15, -0.1) is 11.3 Å². The maximum absolute atomic E-state index is 6.63. The van der Waals surface area contributed by atoms with Gasteiger partial charge in [0.1, 0.15) is 22.3 Å². The van der Waals surface area contributed by atoms with Gasteiger partial charge in [0, 0.05) is 36.3 Å². The van der Waals surface area contributed by atoms with Crippen molar-refractivity contribution in [2.75, 3.05) is 0 Å². The fraction of sp³-hybridized carbons (Fsp3) is 0. The van der Waals surface area contributed by atoms with Crippen LogP contribution in [0.15, 0.2) is 179 Å². The second-order valence-corrected chi connectivity index (χ2v) is 15.0. The summed E-state index contributed by atoms with van der Waals surface area (Å²) < 4.78 is 15.4. The second-order valence-electron chi connectivity index (χ2n) is 14.0. The smallest absolute Gasteiger partial charge is 0.147 e. The first-order valence-electron chi connectivity index (χ1n) is 18.0. The number of hydrogen-bond donors (Lipinski definition) is 0. The average Bonchev–Trinajstić information content (AvgIpc) is 3.90. The van der Waals surface area contributed by atoms with Gasteiger partial charge < -0.3 is 8.83 Å². The molecule has 0 aliphatic carbocycles. The molecule has 2 nitrogen and oxygen atoms in total. The van der Waals surface area contributed by atoms with E-state index in [-0.39, 0.29) is 0 Å². The number of hydrogen-bond acceptors (Lipinski definition) is 3. The van der Waals surface area contributed by atoms with Crippen molar-refractivity contribution < 1.29 is 8.83 Å². The van der Waals surface area contributed by atoms with Gasteiger partial charge in [-0.25, -0.2) is 0 Å². The van der Waals surface area contributed by atoms with Crippen LogP contribution in [-0.2, 0) is 0 Å². The van der Waals surface area contributed by atoms with E-state index in [4.69, 9.17) is 8.83 Å². The minimum atomic E-state index is 0.849. The lowest BCUT2D eigenvalue weighted by molar-refractivity contribution is 0.663. The third kappa shape index (κ3) is 4.20. The lowest BCUT2D eigenvalue weighted by Crippen LogP contribution is -1.90. The molecule has 3 heteroatoms. The summed E-state index contributed by atoms with van der Waals surface area (Å²) in [5, 5.41) is 12.0. The van der Waals surface area contributed by atoms with Crippen LogP contribution in [-0.4, -0.2) is 0 Å². The standard InChI is InChI=1S/C50H28O2S/c1-2-10-29(11-3-1)47-35-12-4-6-14-37(35)48(38-15-7-5-13-36(38)47)32-19-22-34-41-26-30(20-25-45(41)53-46(34)28-32)31-18-21-33-39-23-24-43-49(50(39)52-44(33)27-31)40-16-8-9-17-42(40)51-43/h1-28H. The van der Waals surface area contributed by atoms with Crippen LogP contribution in [0.1, 0.15) is 0 Å². The zero-order chi connectivity index (χ0) is 34.6. The first-order valence-corrected chi connectivity index (χ1v) is 18.8. The van der Waals surface area contributed by atoms with Gasteiger partial charge in [-0.1, -0.05) is 121 Å². The molecule has 0 radical (unpaired) electrons. The molecule has 0 fully saturated rings. The predicted molar refractivity (Wildman–Crippen MR) is 225 cm³/mol. The highest BCUT2D eigenvalue weighted by Gasteiger charge is 2.19. The van der Waals surface area contributed by atoms with E-state index in [1.165, 1.54) is 69.5 Å². The molecular formula is C50H28O2S. The van der Waals surface area contributed by atoms with Crippen LogP contribution in [0.25, 0.3) is 119 Å². The first kappa shape index (κ1) is 29.0. The molecule has 3 aromatic heterocycles. The monoisotopic (exact) mass is 692 g/mol. The SMILES string of the molecule is c1ccc(-c2c3ccccc3c(-c3ccc4c(c3)sc3ccc(-c5ccc6c(c5)oc5c6ccc6oc7ccccc7c65)cc34)c3ccccc23)cc1. The normalized spacial score (nSPS) is 12.2. The summed E-state index contributed by atoms with van der Waals surface area (Å²) in [5.41, 5.74) is 10.9. The van der Waals surface area contributed by atoms with Crippen molar-refractivity contribution in [3.05, 3.63) is 170 Å². The van der Waals surface area contributed by atoms with Crippen LogP contribution in [0.3, 0.4) is 0 Å². The predicted octanol–water partition coefficient (Wildman–Crippen LogP) is 15.2. The summed E-state index contributed by atoms with van der Waals surface area (Å²) in [6, 6.07) is 61.4. The lowest BCUT2D eigenvalue weighted by atomic mass is 9.86. The van der Waals surface area contributed by atoms with Crippen LogP contribution in [0, 0.1) is 0 Å². The Hall–Kier alpha value is -6.68. The Kier molecular flexibility index (Phi) is 5.96. The Morgan fingerprint density at radius 3 is 1.68 bits per heavy atom. The fourth-order valence-corrected chi connectivity index (χ4v) is 9.82. The van der Waals surface area contributed by atoms with Gasteiger partial charge >= 0.3 is 0 Å². The maximum atomic E-state index is 6.63. The van der Waals surface area contributed by atoms with Gasteiger partial charge in [-0.05, 0) is 103 Å². The number of furan rings is 2. The van der Waals surface area contributed by atoms with Crippen LogP contribution in [0.5, 0.6) is 0 Å². The van der Waals surface area contributed by atoms with Crippen molar-refractivity contribution >= 4 is 96.9 Å². The van der Waals surface area contributed by atoms with E-state index in [2.05, 4.69) is 158 Å². The lowest BCUT2D eigenvalue weighted by Gasteiger charge is -2.17. The molecule has 0 saturated heterocycles. The Bertz CT molecular complexity index is 3390. The topological polar surface area (TPSA) is 26.3 Å². The van der Waals surface area contributed by atoms with Crippen LogP contribution in [0.2, 0.25) is 0 Å². The number of rotatable bonds is 3. The molecule has 12 rings (SSSR count). The van der Waals surface area contributed by atoms with Gasteiger partial charge in [0.15, 0.2) is 0 Å². The molecule has 0 aliphatic rings. The summed E-state index contributed by atoms with van der Waals surface area (Å²) >= 11 is 1.87. The van der Waals surface area contributed by atoms with Gasteiger partial charge in [-0.2, -0.15) is 0 Å². The Balaban J connectivity index is 1.00. The number of thiophene rings is 1. The number of benzene rings is 9. The van der Waals surface area contributed by atoms with Crippen molar-refractivity contribution in [2.45, 2.75) is 0 Å². The molecule has 0 amide bonds. The van der Waals surface area contributed by atoms with Crippen molar-refractivity contribution in [3.8, 4) is 33.4 Å². The molecule has 0 unspecified atom stereocenters. The molecule has 0 N–H and O–H groups in total. The first-order chi connectivity index (χ1) is 26.3. The molecule has 0 atom stereocenters. The number of para-hydroxylation sites is 1. The van der Waals surface area contributed by atoms with E-state index in [0.717, 1.165) is 49.4 Å². The zero-order valence-corrected chi connectivity index (χ0v) is 29.2. The molecule has 0 aliphatic heterocycles.